The second kappa shape index (κ2) is 13.6. The number of hydrogen-bond acceptors (Lipinski definition) is 7. The van der Waals surface area contributed by atoms with Crippen LogP contribution in [0.3, 0.4) is 0 Å². The lowest BCUT2D eigenvalue weighted by atomic mass is 10.1. The second-order valence-corrected chi connectivity index (χ2v) is 9.66. The summed E-state index contributed by atoms with van der Waals surface area (Å²) in [4.78, 5) is 32.3. The molecule has 0 aliphatic rings. The van der Waals surface area contributed by atoms with Crippen LogP contribution in [0, 0.1) is 17.0 Å². The van der Waals surface area contributed by atoms with E-state index < -0.39 is 28.5 Å². The Morgan fingerprint density at radius 2 is 1.73 bits per heavy atom. The number of carbonyl (C=O) groups excluding carboxylic acids is 2. The van der Waals surface area contributed by atoms with Crippen LogP contribution in [0.15, 0.2) is 78.0 Å². The minimum atomic E-state index is -4.46. The maximum atomic E-state index is 12.8. The molecule has 1 aromatic heterocycles. The van der Waals surface area contributed by atoms with Crippen molar-refractivity contribution in [2.75, 3.05) is 11.1 Å². The van der Waals surface area contributed by atoms with Crippen LogP contribution in [-0.4, -0.2) is 37.3 Å². The van der Waals surface area contributed by atoms with Crippen LogP contribution in [0.2, 0.25) is 0 Å². The van der Waals surface area contributed by atoms with E-state index in [4.69, 9.17) is 5.73 Å². The Bertz CT molecular complexity index is 1540. The van der Waals surface area contributed by atoms with Gasteiger partial charge in [0.15, 0.2) is 11.0 Å². The number of nitrogens with zero attached hydrogens (tertiary/aromatic N) is 4. The third-order valence-electron chi connectivity index (χ3n) is 5.44. The van der Waals surface area contributed by atoms with E-state index in [0.717, 1.165) is 35.0 Å². The van der Waals surface area contributed by atoms with Crippen LogP contribution in [0.4, 0.5) is 24.5 Å². The summed E-state index contributed by atoms with van der Waals surface area (Å²) in [6, 6.07) is 18.1. The minimum absolute atomic E-state index is 0.00393. The van der Waals surface area contributed by atoms with Crippen LogP contribution in [0.25, 0.3) is 11.4 Å². The molecule has 0 radical (unpaired) electrons. The highest BCUT2D eigenvalue weighted by molar-refractivity contribution is 7.99. The van der Waals surface area contributed by atoms with Gasteiger partial charge in [0.05, 0.1) is 22.7 Å². The van der Waals surface area contributed by atoms with E-state index in [-0.39, 0.29) is 23.5 Å². The molecule has 3 aromatic carbocycles. The third kappa shape index (κ3) is 9.17. The van der Waals surface area contributed by atoms with Crippen molar-refractivity contribution in [3.8, 4) is 11.4 Å². The molecule has 0 atom stereocenters. The van der Waals surface area contributed by atoms with Crippen molar-refractivity contribution in [3.05, 3.63) is 99.6 Å². The van der Waals surface area contributed by atoms with Crippen LogP contribution in [0.5, 0.6) is 0 Å². The summed E-state index contributed by atoms with van der Waals surface area (Å²) in [5.74, 6) is -0.210. The number of hydrogen-bond donors (Lipinski definition) is 2. The Balaban J connectivity index is 0.000000298. The number of aromatic nitrogens is 3. The Hall–Kier alpha value is -4.72. The Labute approximate surface area is 236 Å². The van der Waals surface area contributed by atoms with Gasteiger partial charge in [-0.15, -0.1) is 10.2 Å². The molecule has 2 amide bonds. The molecule has 214 valence electrons. The van der Waals surface area contributed by atoms with Crippen molar-refractivity contribution in [2.45, 2.75) is 24.7 Å². The summed E-state index contributed by atoms with van der Waals surface area (Å²) in [5.41, 5.74) is 6.93. The van der Waals surface area contributed by atoms with Crippen molar-refractivity contribution in [1.82, 2.24) is 14.8 Å². The molecule has 0 bridgehead atoms. The van der Waals surface area contributed by atoms with E-state index in [1.165, 1.54) is 36.4 Å². The van der Waals surface area contributed by atoms with E-state index in [0.29, 0.717) is 16.5 Å². The second-order valence-electron chi connectivity index (χ2n) is 8.72. The van der Waals surface area contributed by atoms with E-state index in [2.05, 4.69) is 15.5 Å². The maximum Gasteiger partial charge on any atom is 0.416 e. The predicted octanol–water partition coefficient (Wildman–Crippen LogP) is 5.16. The Morgan fingerprint density at radius 1 is 1.05 bits per heavy atom. The van der Waals surface area contributed by atoms with Crippen LogP contribution in [-0.2, 0) is 29.2 Å². The molecule has 0 spiro atoms. The van der Waals surface area contributed by atoms with Gasteiger partial charge in [0.2, 0.25) is 11.8 Å². The smallest absolute Gasteiger partial charge is 0.369 e. The summed E-state index contributed by atoms with van der Waals surface area (Å²) in [6.45, 7) is 1.98. The summed E-state index contributed by atoms with van der Waals surface area (Å²) in [5, 5.41) is 21.5. The lowest BCUT2D eigenvalue weighted by molar-refractivity contribution is -0.384. The lowest BCUT2D eigenvalue weighted by Crippen LogP contribution is -2.15. The van der Waals surface area contributed by atoms with Crippen molar-refractivity contribution in [1.29, 1.82) is 0 Å². The number of anilines is 1. The number of amides is 2. The van der Waals surface area contributed by atoms with Crippen molar-refractivity contribution in [3.63, 3.8) is 0 Å². The van der Waals surface area contributed by atoms with E-state index in [1.54, 1.807) is 11.6 Å². The average Bonchev–Trinajstić information content (AvgIpc) is 3.27. The topological polar surface area (TPSA) is 146 Å². The molecule has 14 heteroatoms. The highest BCUT2D eigenvalue weighted by Crippen LogP contribution is 2.31. The van der Waals surface area contributed by atoms with Crippen molar-refractivity contribution < 1.29 is 27.7 Å². The number of halogens is 3. The number of non-ortho nitro benzene ring substituents is 1. The van der Waals surface area contributed by atoms with Gasteiger partial charge in [-0.3, -0.25) is 19.7 Å². The number of nitro benzene ring substituents is 1. The number of thioether (sulfide) groups is 1. The molecular weight excluding hydrogens is 561 g/mol. The van der Waals surface area contributed by atoms with Gasteiger partial charge < -0.3 is 15.6 Å². The standard InChI is InChI=1S/C19H17F3N4OS.C8H8N2O3/c1-12-5-3-6-13(9-12)17-24-25-18(26(17)2)28-11-16(27)23-15-8-4-7-14(10-15)19(20,21)22;9-8(11)5-6-1-3-7(4-2-6)10(12)13/h3-10H,11H2,1-2H3,(H,23,27);1-4H,5H2,(H2,9,11). The van der Waals surface area contributed by atoms with Gasteiger partial charge in [-0.05, 0) is 36.8 Å². The van der Waals surface area contributed by atoms with Gasteiger partial charge in [-0.1, -0.05) is 53.7 Å². The molecule has 0 saturated heterocycles. The van der Waals surface area contributed by atoms with Gasteiger partial charge >= 0.3 is 6.18 Å². The third-order valence-corrected chi connectivity index (χ3v) is 6.46. The van der Waals surface area contributed by atoms with E-state index >= 15 is 0 Å². The summed E-state index contributed by atoms with van der Waals surface area (Å²) < 4.78 is 40.0. The van der Waals surface area contributed by atoms with Gasteiger partial charge in [-0.25, -0.2) is 0 Å². The number of alkyl halides is 3. The molecule has 0 fully saturated rings. The quantitative estimate of drug-likeness (QED) is 0.165. The molecule has 4 rings (SSSR count). The molecule has 1 heterocycles. The van der Waals surface area contributed by atoms with Crippen LogP contribution in [0.1, 0.15) is 16.7 Å². The zero-order chi connectivity index (χ0) is 30.2. The number of nitro groups is 1. The number of nitrogens with two attached hydrogens (primary N) is 1. The normalized spacial score (nSPS) is 10.9. The van der Waals surface area contributed by atoms with E-state index in [1.807, 2.05) is 31.2 Å². The van der Waals surface area contributed by atoms with Crippen molar-refractivity contribution >= 4 is 35.0 Å². The first-order valence-electron chi connectivity index (χ1n) is 11.9. The molecule has 41 heavy (non-hydrogen) atoms. The molecule has 0 unspecified atom stereocenters. The number of carbonyl (C=O) groups is 2. The average molecular weight is 587 g/mol. The highest BCUT2D eigenvalue weighted by atomic mass is 32.2. The van der Waals surface area contributed by atoms with Gasteiger partial charge in [0.25, 0.3) is 5.69 Å². The van der Waals surface area contributed by atoms with Crippen LogP contribution >= 0.6 is 11.8 Å². The molecule has 3 N–H and O–H groups in total. The first-order chi connectivity index (χ1) is 19.3. The van der Waals surface area contributed by atoms with Crippen LogP contribution < -0.4 is 11.1 Å². The van der Waals surface area contributed by atoms with Gasteiger partial charge in [-0.2, -0.15) is 13.2 Å². The molecule has 4 aromatic rings. The molecule has 10 nitrogen and oxygen atoms in total. The van der Waals surface area contributed by atoms with E-state index in [9.17, 15) is 32.9 Å². The Kier molecular flexibility index (Phi) is 10.2. The number of aryl methyl sites for hydroxylation is 1. The number of nitrogens with one attached hydrogen (secondary N) is 1. The van der Waals surface area contributed by atoms with Crippen molar-refractivity contribution in [2.24, 2.45) is 12.8 Å². The predicted molar refractivity (Wildman–Crippen MR) is 148 cm³/mol. The number of primary amides is 1. The van der Waals surface area contributed by atoms with Gasteiger partial charge in [0.1, 0.15) is 0 Å². The summed E-state index contributed by atoms with van der Waals surface area (Å²) in [7, 11) is 1.80. The SMILES string of the molecule is Cc1cccc(-c2nnc(SCC(=O)Nc3cccc(C(F)(F)F)c3)n2C)c1.NC(=O)Cc1ccc([N+](=O)[O-])cc1. The molecule has 0 saturated carbocycles. The fraction of sp³-hybridized carbons (Fsp3) is 0.185. The zero-order valence-electron chi connectivity index (χ0n) is 21.9. The summed E-state index contributed by atoms with van der Waals surface area (Å²) in [6.07, 6.45) is -4.35. The summed E-state index contributed by atoms with van der Waals surface area (Å²) >= 11 is 1.16. The molecule has 0 aliphatic heterocycles. The zero-order valence-corrected chi connectivity index (χ0v) is 22.7. The minimum Gasteiger partial charge on any atom is -0.369 e. The number of rotatable bonds is 8. The first kappa shape index (κ1) is 30.8. The monoisotopic (exact) mass is 586 g/mol. The maximum absolute atomic E-state index is 12.8. The Morgan fingerprint density at radius 3 is 2.34 bits per heavy atom. The molecule has 0 aliphatic carbocycles. The fourth-order valence-electron chi connectivity index (χ4n) is 3.51. The molecular formula is C27H25F3N6O4S. The lowest BCUT2D eigenvalue weighted by Gasteiger charge is -2.09. The number of benzene rings is 3. The highest BCUT2D eigenvalue weighted by Gasteiger charge is 2.30. The first-order valence-corrected chi connectivity index (χ1v) is 12.9. The fourth-order valence-corrected chi connectivity index (χ4v) is 4.22. The largest absolute Gasteiger partial charge is 0.416 e. The van der Waals surface area contributed by atoms with Gasteiger partial charge in [0, 0.05) is 30.4 Å².